The van der Waals surface area contributed by atoms with Gasteiger partial charge in [-0.2, -0.15) is 13.2 Å². The fourth-order valence-electron chi connectivity index (χ4n) is 3.88. The highest BCUT2D eigenvalue weighted by atomic mass is 19.4. The summed E-state index contributed by atoms with van der Waals surface area (Å²) in [6.45, 7) is 5.14. The van der Waals surface area contributed by atoms with Crippen LogP contribution in [0.3, 0.4) is 0 Å². The lowest BCUT2D eigenvalue weighted by Crippen LogP contribution is -2.37. The number of rotatable bonds is 6. The topological polar surface area (TPSA) is 75.8 Å². The normalized spacial score (nSPS) is 15.0. The highest BCUT2D eigenvalue weighted by Crippen LogP contribution is 2.31. The Hall–Kier alpha value is -3.33. The summed E-state index contributed by atoms with van der Waals surface area (Å²) in [6.07, 6.45) is -2.79. The van der Waals surface area contributed by atoms with Crippen molar-refractivity contribution in [3.8, 4) is 17.1 Å². The van der Waals surface area contributed by atoms with Crippen LogP contribution in [0.25, 0.3) is 11.3 Å². The van der Waals surface area contributed by atoms with Crippen molar-refractivity contribution in [2.75, 3.05) is 13.1 Å². The summed E-state index contributed by atoms with van der Waals surface area (Å²) in [5.41, 5.74) is 1.52. The number of alkyl halides is 3. The Balaban J connectivity index is 1.39. The minimum atomic E-state index is -4.38. The Labute approximate surface area is 194 Å². The number of fused-ring (bicyclic) bond motifs is 1. The van der Waals surface area contributed by atoms with Crippen LogP contribution in [0.4, 0.5) is 13.2 Å². The summed E-state index contributed by atoms with van der Waals surface area (Å²) in [7, 11) is 0. The Morgan fingerprint density at radius 2 is 1.74 bits per heavy atom. The third kappa shape index (κ3) is 5.41. The minimum absolute atomic E-state index is 0.421. The number of carboxylic acid groups (broad SMARTS) is 1. The van der Waals surface area contributed by atoms with Crippen molar-refractivity contribution in [2.24, 2.45) is 0 Å². The van der Waals surface area contributed by atoms with Gasteiger partial charge in [0, 0.05) is 31.3 Å². The van der Waals surface area contributed by atoms with Crippen molar-refractivity contribution >= 4 is 5.97 Å². The summed E-state index contributed by atoms with van der Waals surface area (Å²) in [6, 6.07) is 12.2. The van der Waals surface area contributed by atoms with Crippen molar-refractivity contribution in [1.29, 1.82) is 0 Å². The maximum absolute atomic E-state index is 12.8. The average molecular weight is 474 g/mol. The summed E-state index contributed by atoms with van der Waals surface area (Å²) in [5.74, 6) is -0.0844. The maximum atomic E-state index is 12.8. The van der Waals surface area contributed by atoms with Gasteiger partial charge in [0.25, 0.3) is 0 Å². The number of halogens is 3. The quantitative estimate of drug-likeness (QED) is 0.529. The van der Waals surface area contributed by atoms with E-state index in [0.29, 0.717) is 29.3 Å². The Bertz CT molecular complexity index is 1170. The first-order valence-electron chi connectivity index (χ1n) is 10.9. The molecule has 6 nitrogen and oxygen atoms in total. The van der Waals surface area contributed by atoms with Gasteiger partial charge >= 0.3 is 12.1 Å². The van der Waals surface area contributed by atoms with E-state index in [9.17, 15) is 23.1 Å². The zero-order valence-electron chi connectivity index (χ0n) is 18.9. The lowest BCUT2D eigenvalue weighted by atomic mass is 10.0. The molecule has 0 bridgehead atoms. The number of nitrogens with zero attached hydrogens (tertiary/aromatic N) is 2. The molecule has 3 aromatic rings. The minimum Gasteiger partial charge on any atom is -0.478 e. The molecule has 0 atom stereocenters. The highest BCUT2D eigenvalue weighted by molar-refractivity contribution is 5.76. The molecule has 0 spiro atoms. The molecule has 0 saturated heterocycles. The molecule has 1 N–H and O–H groups in total. The van der Waals surface area contributed by atoms with Gasteiger partial charge in [-0.1, -0.05) is 23.4 Å². The van der Waals surface area contributed by atoms with Gasteiger partial charge in [-0.3, -0.25) is 4.90 Å². The van der Waals surface area contributed by atoms with Crippen LogP contribution in [0.15, 0.2) is 53.1 Å². The largest absolute Gasteiger partial charge is 0.478 e. The van der Waals surface area contributed by atoms with Gasteiger partial charge in [-0.05, 0) is 62.1 Å². The number of hydrogen-bond donors (Lipinski definition) is 1. The lowest BCUT2D eigenvalue weighted by molar-refractivity contribution is -0.152. The summed E-state index contributed by atoms with van der Waals surface area (Å²) >= 11 is 0. The van der Waals surface area contributed by atoms with Crippen LogP contribution in [0.2, 0.25) is 0 Å². The van der Waals surface area contributed by atoms with Crippen molar-refractivity contribution < 1.29 is 32.3 Å². The van der Waals surface area contributed by atoms with Gasteiger partial charge in [0.15, 0.2) is 11.4 Å². The molecule has 0 aliphatic carbocycles. The molecule has 1 aliphatic heterocycles. The summed E-state index contributed by atoms with van der Waals surface area (Å²) < 4.78 is 49.4. The Morgan fingerprint density at radius 3 is 2.38 bits per heavy atom. The fraction of sp³-hybridized carbons (Fsp3) is 0.360. The first-order valence-corrected chi connectivity index (χ1v) is 10.9. The highest BCUT2D eigenvalue weighted by Gasteiger charge is 2.31. The van der Waals surface area contributed by atoms with Crippen molar-refractivity contribution in [3.05, 3.63) is 70.9 Å². The molecule has 0 unspecified atom stereocenters. The molecule has 4 rings (SSSR count). The fourth-order valence-corrected chi connectivity index (χ4v) is 3.88. The second kappa shape index (κ2) is 9.13. The molecule has 0 saturated carbocycles. The maximum Gasteiger partial charge on any atom is 0.416 e. The monoisotopic (exact) mass is 474 g/mol. The summed E-state index contributed by atoms with van der Waals surface area (Å²) in [4.78, 5) is 13.6. The van der Waals surface area contributed by atoms with Crippen molar-refractivity contribution in [3.63, 3.8) is 0 Å². The van der Waals surface area contributed by atoms with E-state index in [0.717, 1.165) is 43.6 Å². The van der Waals surface area contributed by atoms with E-state index in [4.69, 9.17) is 9.26 Å². The van der Waals surface area contributed by atoms with E-state index in [1.807, 2.05) is 12.1 Å². The van der Waals surface area contributed by atoms with Gasteiger partial charge in [0.05, 0.1) is 11.3 Å². The molecule has 0 fully saturated rings. The zero-order chi connectivity index (χ0) is 24.5. The van der Waals surface area contributed by atoms with Crippen LogP contribution in [0, 0.1) is 0 Å². The van der Waals surface area contributed by atoms with Gasteiger partial charge < -0.3 is 14.4 Å². The van der Waals surface area contributed by atoms with E-state index in [-0.39, 0.29) is 0 Å². The molecule has 2 heterocycles. The number of ether oxygens (including phenoxy) is 1. The molecule has 180 valence electrons. The Morgan fingerprint density at radius 1 is 1.06 bits per heavy atom. The van der Waals surface area contributed by atoms with Crippen molar-refractivity contribution in [2.45, 2.75) is 45.0 Å². The van der Waals surface area contributed by atoms with Crippen molar-refractivity contribution in [1.82, 2.24) is 10.1 Å². The molecule has 1 aromatic heterocycles. The molecule has 2 aromatic carbocycles. The van der Waals surface area contributed by atoms with E-state index in [1.54, 1.807) is 12.1 Å². The lowest BCUT2D eigenvalue weighted by Gasteiger charge is -2.22. The second-order valence-electron chi connectivity index (χ2n) is 8.88. The number of aliphatic carboxylic acids is 1. The molecule has 0 radical (unpaired) electrons. The smallest absolute Gasteiger partial charge is 0.416 e. The first-order chi connectivity index (χ1) is 16.0. The molecule has 9 heteroatoms. The van der Waals surface area contributed by atoms with Gasteiger partial charge in [0.1, 0.15) is 5.75 Å². The number of aromatic nitrogens is 1. The van der Waals surface area contributed by atoms with Crippen LogP contribution >= 0.6 is 0 Å². The molecule has 34 heavy (non-hydrogen) atoms. The van der Waals surface area contributed by atoms with Crippen LogP contribution < -0.4 is 4.74 Å². The van der Waals surface area contributed by atoms with Gasteiger partial charge in [-0.25, -0.2) is 4.79 Å². The third-order valence-electron chi connectivity index (χ3n) is 5.90. The number of carbonyl (C=O) groups is 1. The van der Waals surface area contributed by atoms with Crippen LogP contribution in [-0.4, -0.2) is 39.8 Å². The third-order valence-corrected chi connectivity index (χ3v) is 5.90. The SMILES string of the molecule is CC(C)(Oc1ccc2c(c1)CCN(Cc1cc(-c3ccc(C(F)(F)F)cc3)on1)CC2)C(=O)O. The first kappa shape index (κ1) is 23.8. The Kier molecular flexibility index (Phi) is 6.40. The molecule has 0 amide bonds. The van der Waals surface area contributed by atoms with Crippen LogP contribution in [0.1, 0.15) is 36.2 Å². The summed E-state index contributed by atoms with van der Waals surface area (Å²) in [5, 5.41) is 13.4. The predicted molar refractivity (Wildman–Crippen MR) is 118 cm³/mol. The molecular weight excluding hydrogens is 449 g/mol. The average Bonchev–Trinajstić information content (AvgIpc) is 3.15. The van der Waals surface area contributed by atoms with E-state index >= 15 is 0 Å². The van der Waals surface area contributed by atoms with Crippen LogP contribution in [-0.2, 0) is 30.4 Å². The second-order valence-corrected chi connectivity index (χ2v) is 8.88. The van der Waals surface area contributed by atoms with E-state index in [2.05, 4.69) is 10.1 Å². The number of carboxylic acids is 1. The van der Waals surface area contributed by atoms with Gasteiger partial charge in [-0.15, -0.1) is 0 Å². The number of benzene rings is 2. The van der Waals surface area contributed by atoms with Gasteiger partial charge in [0.2, 0.25) is 0 Å². The predicted octanol–water partition coefficient (Wildman–Crippen LogP) is 5.20. The standard InChI is InChI=1S/C25H25F3N2O4/c1-24(2,23(31)32)33-21-8-5-16-9-11-30(12-10-18(16)13-21)15-20-14-22(34-29-20)17-3-6-19(7-4-17)25(26,27)28/h3-8,13-14H,9-12,15H2,1-2H3,(H,31,32). The number of hydrogen-bond acceptors (Lipinski definition) is 5. The molecule has 1 aliphatic rings. The van der Waals surface area contributed by atoms with E-state index in [1.165, 1.54) is 31.5 Å². The molecular formula is C25H25F3N2O4. The van der Waals surface area contributed by atoms with E-state index < -0.39 is 23.3 Å². The van der Waals surface area contributed by atoms with Crippen LogP contribution in [0.5, 0.6) is 5.75 Å². The zero-order valence-corrected chi connectivity index (χ0v) is 18.9.